The number of nitrogens with two attached hydrogens (primary N) is 1. The van der Waals surface area contributed by atoms with E-state index in [1.54, 1.807) is 7.11 Å². The Morgan fingerprint density at radius 3 is 2.16 bits per heavy atom. The maximum absolute atomic E-state index is 11.2. The Morgan fingerprint density at radius 1 is 1.21 bits per heavy atom. The topological polar surface area (TPSA) is 69.4 Å². The molecule has 0 spiro atoms. The summed E-state index contributed by atoms with van der Waals surface area (Å²) in [6.07, 6.45) is 6.76. The lowest BCUT2D eigenvalue weighted by atomic mass is 9.68. The lowest BCUT2D eigenvalue weighted by Crippen LogP contribution is -2.52. The van der Waals surface area contributed by atoms with Gasteiger partial charge in [0.15, 0.2) is 0 Å². The van der Waals surface area contributed by atoms with Gasteiger partial charge in [-0.15, -0.1) is 0 Å². The minimum atomic E-state index is -2.89. The van der Waals surface area contributed by atoms with Gasteiger partial charge in [-0.3, -0.25) is 0 Å². The van der Waals surface area contributed by atoms with Gasteiger partial charge < -0.3 is 10.5 Å². The van der Waals surface area contributed by atoms with Crippen LogP contribution in [0, 0.1) is 5.41 Å². The number of methoxy groups -OCH3 is 1. The molecule has 4 nitrogen and oxygen atoms in total. The zero-order valence-electron chi connectivity index (χ0n) is 12.7. The fourth-order valence-corrected chi connectivity index (χ4v) is 3.60. The summed E-state index contributed by atoms with van der Waals surface area (Å²) in [6.45, 7) is 4.56. The Bertz CT molecular complexity index is 379. The Kier molecular flexibility index (Phi) is 5.43. The first-order valence-electron chi connectivity index (χ1n) is 7.09. The zero-order chi connectivity index (χ0) is 14.7. The van der Waals surface area contributed by atoms with Gasteiger partial charge in [-0.1, -0.05) is 13.8 Å². The van der Waals surface area contributed by atoms with Crippen molar-refractivity contribution < 1.29 is 13.2 Å². The minimum absolute atomic E-state index is 0.0738. The molecule has 0 heterocycles. The van der Waals surface area contributed by atoms with Gasteiger partial charge in [0, 0.05) is 25.2 Å². The molecule has 0 aromatic rings. The molecule has 1 aliphatic rings. The van der Waals surface area contributed by atoms with E-state index >= 15 is 0 Å². The number of ether oxygens (including phenoxy) is 1. The van der Waals surface area contributed by atoms with E-state index in [0.717, 1.165) is 25.7 Å². The van der Waals surface area contributed by atoms with Crippen molar-refractivity contribution in [3.05, 3.63) is 0 Å². The number of rotatable bonds is 6. The van der Waals surface area contributed by atoms with Gasteiger partial charge in [-0.05, 0) is 43.9 Å². The van der Waals surface area contributed by atoms with Gasteiger partial charge in [0.25, 0.3) is 0 Å². The summed E-state index contributed by atoms with van der Waals surface area (Å²) >= 11 is 0. The number of hydrogen-bond acceptors (Lipinski definition) is 4. The molecule has 0 amide bonds. The van der Waals surface area contributed by atoms with E-state index in [-0.39, 0.29) is 17.4 Å². The summed E-state index contributed by atoms with van der Waals surface area (Å²) in [7, 11) is -1.16. The first kappa shape index (κ1) is 16.9. The van der Waals surface area contributed by atoms with Gasteiger partial charge in [-0.25, -0.2) is 8.42 Å². The maximum Gasteiger partial charge on any atom is 0.147 e. The average molecular weight is 291 g/mol. The second kappa shape index (κ2) is 6.10. The smallest absolute Gasteiger partial charge is 0.147 e. The van der Waals surface area contributed by atoms with Crippen molar-refractivity contribution in [2.24, 2.45) is 11.1 Å². The molecule has 0 aromatic carbocycles. The number of sulfone groups is 1. The Balaban J connectivity index is 2.55. The fourth-order valence-electron chi connectivity index (χ4n) is 2.90. The van der Waals surface area contributed by atoms with Crippen molar-refractivity contribution in [2.45, 2.75) is 64.0 Å². The van der Waals surface area contributed by atoms with Crippen LogP contribution >= 0.6 is 0 Å². The Hall–Kier alpha value is -0.130. The molecule has 1 atom stereocenters. The molecule has 0 radical (unpaired) electrons. The van der Waals surface area contributed by atoms with Crippen molar-refractivity contribution in [1.82, 2.24) is 0 Å². The summed E-state index contributed by atoms with van der Waals surface area (Å²) in [5.74, 6) is 0.214. The molecular weight excluding hydrogens is 262 g/mol. The SMILES string of the molecule is COC1(C(N)CCCS(C)(=O)=O)CCC(C)(C)CC1. The van der Waals surface area contributed by atoms with Gasteiger partial charge in [0.05, 0.1) is 5.60 Å². The van der Waals surface area contributed by atoms with Crippen molar-refractivity contribution >= 4 is 9.84 Å². The molecule has 0 saturated heterocycles. The Labute approximate surface area is 118 Å². The van der Waals surface area contributed by atoms with E-state index in [9.17, 15) is 8.42 Å². The second-order valence-corrected chi connectivity index (χ2v) is 9.07. The van der Waals surface area contributed by atoms with E-state index < -0.39 is 9.84 Å². The van der Waals surface area contributed by atoms with Gasteiger partial charge in [-0.2, -0.15) is 0 Å². The van der Waals surface area contributed by atoms with Gasteiger partial charge in [0.1, 0.15) is 9.84 Å². The average Bonchev–Trinajstić information content (AvgIpc) is 2.28. The number of hydrogen-bond donors (Lipinski definition) is 1. The van der Waals surface area contributed by atoms with Crippen molar-refractivity contribution in [2.75, 3.05) is 19.1 Å². The lowest BCUT2D eigenvalue weighted by Gasteiger charge is -2.46. The summed E-state index contributed by atoms with van der Waals surface area (Å²) in [5, 5.41) is 0. The molecule has 0 aliphatic heterocycles. The van der Waals surface area contributed by atoms with Crippen molar-refractivity contribution in [3.63, 3.8) is 0 Å². The standard InChI is InChI=1S/C14H29NO3S/c1-13(2)7-9-14(18-3,10-8-13)12(15)6-5-11-19(4,16)17/h12H,5-11,15H2,1-4H3. The largest absolute Gasteiger partial charge is 0.377 e. The van der Waals surface area contributed by atoms with E-state index in [1.165, 1.54) is 6.26 Å². The molecule has 1 fully saturated rings. The Morgan fingerprint density at radius 2 is 1.74 bits per heavy atom. The van der Waals surface area contributed by atoms with Crippen LogP contribution in [0.25, 0.3) is 0 Å². The van der Waals surface area contributed by atoms with Crippen LogP contribution in [0.2, 0.25) is 0 Å². The molecule has 0 aromatic heterocycles. The zero-order valence-corrected chi connectivity index (χ0v) is 13.6. The van der Waals surface area contributed by atoms with E-state index in [4.69, 9.17) is 10.5 Å². The molecular formula is C14H29NO3S. The summed E-state index contributed by atoms with van der Waals surface area (Å²) in [5.41, 5.74) is 6.40. The quantitative estimate of drug-likeness (QED) is 0.814. The van der Waals surface area contributed by atoms with Crippen LogP contribution in [0.4, 0.5) is 0 Å². The fraction of sp³-hybridized carbons (Fsp3) is 1.00. The predicted octanol–water partition coefficient (Wildman–Crippen LogP) is 2.12. The van der Waals surface area contributed by atoms with Gasteiger partial charge >= 0.3 is 0 Å². The third-order valence-corrected chi connectivity index (χ3v) is 5.59. The summed E-state index contributed by atoms with van der Waals surface area (Å²) in [4.78, 5) is 0. The third kappa shape index (κ3) is 5.04. The van der Waals surface area contributed by atoms with Crippen LogP contribution < -0.4 is 5.73 Å². The highest BCUT2D eigenvalue weighted by atomic mass is 32.2. The van der Waals surface area contributed by atoms with Crippen LogP contribution in [-0.4, -0.2) is 39.2 Å². The molecule has 19 heavy (non-hydrogen) atoms. The van der Waals surface area contributed by atoms with E-state index in [2.05, 4.69) is 13.8 Å². The summed E-state index contributed by atoms with van der Waals surface area (Å²) in [6, 6.07) is -0.0738. The van der Waals surface area contributed by atoms with Crippen LogP contribution in [0.15, 0.2) is 0 Å². The van der Waals surface area contributed by atoms with Crippen LogP contribution in [0.3, 0.4) is 0 Å². The van der Waals surface area contributed by atoms with E-state index in [1.807, 2.05) is 0 Å². The maximum atomic E-state index is 11.2. The predicted molar refractivity (Wildman–Crippen MR) is 78.9 cm³/mol. The molecule has 1 aliphatic carbocycles. The molecule has 1 unspecified atom stereocenters. The first-order valence-corrected chi connectivity index (χ1v) is 9.15. The van der Waals surface area contributed by atoms with E-state index in [0.29, 0.717) is 18.3 Å². The highest BCUT2D eigenvalue weighted by molar-refractivity contribution is 7.90. The minimum Gasteiger partial charge on any atom is -0.377 e. The molecule has 5 heteroatoms. The molecule has 0 bridgehead atoms. The highest BCUT2D eigenvalue weighted by Gasteiger charge is 2.42. The van der Waals surface area contributed by atoms with Crippen LogP contribution in [0.1, 0.15) is 52.4 Å². The first-order chi connectivity index (χ1) is 8.60. The van der Waals surface area contributed by atoms with Crippen LogP contribution in [0.5, 0.6) is 0 Å². The molecule has 1 saturated carbocycles. The molecule has 114 valence electrons. The third-order valence-electron chi connectivity index (χ3n) is 4.56. The molecule has 1 rings (SSSR count). The second-order valence-electron chi connectivity index (χ2n) is 6.81. The van der Waals surface area contributed by atoms with Gasteiger partial charge in [0.2, 0.25) is 0 Å². The highest BCUT2D eigenvalue weighted by Crippen LogP contribution is 2.43. The monoisotopic (exact) mass is 291 g/mol. The summed E-state index contributed by atoms with van der Waals surface area (Å²) < 4.78 is 28.0. The molecule has 2 N–H and O–H groups in total. The van der Waals surface area contributed by atoms with Crippen molar-refractivity contribution in [1.29, 1.82) is 0 Å². The normalized spacial score (nSPS) is 24.1. The lowest BCUT2D eigenvalue weighted by molar-refractivity contribution is -0.0797. The van der Waals surface area contributed by atoms with Crippen molar-refractivity contribution in [3.8, 4) is 0 Å². The van der Waals surface area contributed by atoms with Crippen LogP contribution in [-0.2, 0) is 14.6 Å².